The quantitative estimate of drug-likeness (QED) is 0.516. The Hall–Kier alpha value is -0.850. The lowest BCUT2D eigenvalue weighted by molar-refractivity contribution is -0.113. The van der Waals surface area contributed by atoms with Crippen LogP contribution in [0, 0.1) is 17.8 Å². The van der Waals surface area contributed by atoms with Crippen molar-refractivity contribution >= 4 is 5.78 Å². The highest BCUT2D eigenvalue weighted by molar-refractivity contribution is 5.93. The standard InChI is InChI=1S/C15H24O/c1-6-14(13(5)16)9-15-11(3)7-10(2)8-12(15)4/h7,9,11-12,15H,6,8H2,1-5H3/b14-9+. The van der Waals surface area contributed by atoms with Gasteiger partial charge in [0, 0.05) is 0 Å². The Morgan fingerprint density at radius 1 is 1.50 bits per heavy atom. The Morgan fingerprint density at radius 3 is 2.56 bits per heavy atom. The van der Waals surface area contributed by atoms with Gasteiger partial charge in [-0.05, 0) is 50.0 Å². The van der Waals surface area contributed by atoms with Crippen LogP contribution in [0.1, 0.15) is 47.5 Å². The van der Waals surface area contributed by atoms with E-state index in [2.05, 4.69) is 39.8 Å². The molecule has 0 aromatic rings. The first-order valence-electron chi connectivity index (χ1n) is 6.34. The van der Waals surface area contributed by atoms with Gasteiger partial charge in [-0.3, -0.25) is 4.79 Å². The van der Waals surface area contributed by atoms with Crippen molar-refractivity contribution in [1.82, 2.24) is 0 Å². The third kappa shape index (κ3) is 3.07. The van der Waals surface area contributed by atoms with Crippen LogP contribution in [0.4, 0.5) is 0 Å². The first-order chi connectivity index (χ1) is 7.45. The van der Waals surface area contributed by atoms with Gasteiger partial charge in [-0.2, -0.15) is 0 Å². The first kappa shape index (κ1) is 13.2. The maximum atomic E-state index is 11.4. The third-order valence-electron chi connectivity index (χ3n) is 3.68. The minimum atomic E-state index is 0.230. The lowest BCUT2D eigenvalue weighted by atomic mass is 9.74. The van der Waals surface area contributed by atoms with Gasteiger partial charge in [-0.15, -0.1) is 0 Å². The molecule has 0 aromatic carbocycles. The second-order valence-electron chi connectivity index (χ2n) is 5.23. The van der Waals surface area contributed by atoms with Crippen LogP contribution in [0.5, 0.6) is 0 Å². The van der Waals surface area contributed by atoms with Crippen molar-refractivity contribution < 1.29 is 4.79 Å². The van der Waals surface area contributed by atoms with Crippen molar-refractivity contribution in [2.45, 2.75) is 47.5 Å². The molecular formula is C15H24O. The average molecular weight is 220 g/mol. The van der Waals surface area contributed by atoms with Gasteiger partial charge >= 0.3 is 0 Å². The van der Waals surface area contributed by atoms with Crippen molar-refractivity contribution in [3.63, 3.8) is 0 Å². The summed E-state index contributed by atoms with van der Waals surface area (Å²) in [5.74, 6) is 1.97. The number of rotatable bonds is 3. The molecule has 0 spiro atoms. The molecule has 1 heteroatoms. The van der Waals surface area contributed by atoms with E-state index < -0.39 is 0 Å². The van der Waals surface area contributed by atoms with Crippen molar-refractivity contribution in [3.05, 3.63) is 23.3 Å². The van der Waals surface area contributed by atoms with E-state index in [0.717, 1.165) is 12.0 Å². The smallest absolute Gasteiger partial charge is 0.155 e. The summed E-state index contributed by atoms with van der Waals surface area (Å²) in [5.41, 5.74) is 2.49. The summed E-state index contributed by atoms with van der Waals surface area (Å²) in [6.07, 6.45) is 6.60. The number of carbonyl (C=O) groups excluding carboxylic acids is 1. The minimum absolute atomic E-state index is 0.230. The molecule has 3 unspecified atom stereocenters. The van der Waals surface area contributed by atoms with E-state index in [0.29, 0.717) is 17.8 Å². The van der Waals surface area contributed by atoms with Gasteiger partial charge in [0.05, 0.1) is 0 Å². The van der Waals surface area contributed by atoms with Crippen LogP contribution in [0.15, 0.2) is 23.3 Å². The summed E-state index contributed by atoms with van der Waals surface area (Å²) < 4.78 is 0. The van der Waals surface area contributed by atoms with Gasteiger partial charge < -0.3 is 0 Å². The number of hydrogen-bond acceptors (Lipinski definition) is 1. The van der Waals surface area contributed by atoms with Crippen LogP contribution in [-0.4, -0.2) is 5.78 Å². The molecule has 0 aromatic heterocycles. The summed E-state index contributed by atoms with van der Waals surface area (Å²) >= 11 is 0. The number of allylic oxidation sites excluding steroid dienone is 4. The number of hydrogen-bond donors (Lipinski definition) is 0. The summed E-state index contributed by atoms with van der Waals surface area (Å²) in [4.78, 5) is 11.4. The number of carbonyl (C=O) groups is 1. The van der Waals surface area contributed by atoms with Crippen LogP contribution in [0.25, 0.3) is 0 Å². The predicted molar refractivity (Wildman–Crippen MR) is 69.2 cm³/mol. The molecule has 0 N–H and O–H groups in total. The molecule has 0 saturated heterocycles. The molecule has 0 aliphatic heterocycles. The topological polar surface area (TPSA) is 17.1 Å². The highest BCUT2D eigenvalue weighted by atomic mass is 16.1. The zero-order valence-corrected chi connectivity index (χ0v) is 11.2. The largest absolute Gasteiger partial charge is 0.295 e. The molecule has 3 atom stereocenters. The molecule has 1 nitrogen and oxygen atoms in total. The van der Waals surface area contributed by atoms with Crippen LogP contribution >= 0.6 is 0 Å². The van der Waals surface area contributed by atoms with Crippen molar-refractivity contribution in [2.24, 2.45) is 17.8 Å². The molecule has 16 heavy (non-hydrogen) atoms. The van der Waals surface area contributed by atoms with Gasteiger partial charge in [-0.25, -0.2) is 0 Å². The van der Waals surface area contributed by atoms with Gasteiger partial charge in [0.25, 0.3) is 0 Å². The molecule has 0 fully saturated rings. The fourth-order valence-electron chi connectivity index (χ4n) is 2.82. The molecule has 1 rings (SSSR count). The molecule has 0 amide bonds. The summed E-state index contributed by atoms with van der Waals surface area (Å²) in [6, 6.07) is 0. The molecule has 0 heterocycles. The molecule has 90 valence electrons. The normalized spacial score (nSPS) is 31.2. The summed E-state index contributed by atoms with van der Waals surface area (Å²) in [5, 5.41) is 0. The third-order valence-corrected chi connectivity index (χ3v) is 3.68. The SMILES string of the molecule is CC/C(=C\C1C(C)C=C(C)CC1C)C(C)=O. The Morgan fingerprint density at radius 2 is 2.12 bits per heavy atom. The van der Waals surface area contributed by atoms with E-state index in [4.69, 9.17) is 0 Å². The Kier molecular flexibility index (Phi) is 4.52. The second-order valence-corrected chi connectivity index (χ2v) is 5.23. The van der Waals surface area contributed by atoms with Gasteiger partial charge in [0.1, 0.15) is 0 Å². The lowest BCUT2D eigenvalue weighted by Crippen LogP contribution is -2.22. The lowest BCUT2D eigenvalue weighted by Gasteiger charge is -2.31. The van der Waals surface area contributed by atoms with Crippen LogP contribution in [0.2, 0.25) is 0 Å². The highest BCUT2D eigenvalue weighted by Gasteiger charge is 2.25. The molecule has 0 saturated carbocycles. The average Bonchev–Trinajstić information content (AvgIpc) is 2.15. The zero-order chi connectivity index (χ0) is 12.3. The number of Topliss-reactive ketones (excluding diaryl/α,β-unsaturated/α-hetero) is 1. The molecule has 1 aliphatic rings. The molecule has 0 radical (unpaired) electrons. The summed E-state index contributed by atoms with van der Waals surface area (Å²) in [6.45, 7) is 10.5. The van der Waals surface area contributed by atoms with Gasteiger partial charge in [0.2, 0.25) is 0 Å². The number of ketones is 1. The van der Waals surface area contributed by atoms with Crippen LogP contribution in [-0.2, 0) is 4.79 Å². The monoisotopic (exact) mass is 220 g/mol. The minimum Gasteiger partial charge on any atom is -0.295 e. The summed E-state index contributed by atoms with van der Waals surface area (Å²) in [7, 11) is 0. The fourth-order valence-corrected chi connectivity index (χ4v) is 2.82. The van der Waals surface area contributed by atoms with Crippen molar-refractivity contribution in [2.75, 3.05) is 0 Å². The van der Waals surface area contributed by atoms with Crippen LogP contribution < -0.4 is 0 Å². The fraction of sp³-hybridized carbons (Fsp3) is 0.667. The second kappa shape index (κ2) is 5.47. The predicted octanol–water partition coefficient (Wildman–Crippen LogP) is 4.15. The van der Waals surface area contributed by atoms with Crippen LogP contribution in [0.3, 0.4) is 0 Å². The van der Waals surface area contributed by atoms with Crippen molar-refractivity contribution in [3.8, 4) is 0 Å². The van der Waals surface area contributed by atoms with E-state index in [-0.39, 0.29) is 5.78 Å². The Balaban J connectivity index is 2.91. The van der Waals surface area contributed by atoms with E-state index in [1.54, 1.807) is 6.92 Å². The van der Waals surface area contributed by atoms with Gasteiger partial charge in [-0.1, -0.05) is 38.5 Å². The first-order valence-corrected chi connectivity index (χ1v) is 6.34. The molecule has 0 bridgehead atoms. The van der Waals surface area contributed by atoms with E-state index in [1.807, 2.05) is 0 Å². The maximum absolute atomic E-state index is 11.4. The Labute approximate surface area is 99.6 Å². The zero-order valence-electron chi connectivity index (χ0n) is 11.2. The van der Waals surface area contributed by atoms with E-state index >= 15 is 0 Å². The molecular weight excluding hydrogens is 196 g/mol. The van der Waals surface area contributed by atoms with Gasteiger partial charge in [0.15, 0.2) is 5.78 Å². The Bertz CT molecular complexity index is 322. The van der Waals surface area contributed by atoms with E-state index in [9.17, 15) is 4.79 Å². The maximum Gasteiger partial charge on any atom is 0.155 e. The highest BCUT2D eigenvalue weighted by Crippen LogP contribution is 2.35. The molecule has 1 aliphatic carbocycles. The van der Waals surface area contributed by atoms with Crippen molar-refractivity contribution in [1.29, 1.82) is 0 Å². The van der Waals surface area contributed by atoms with E-state index in [1.165, 1.54) is 12.0 Å².